The van der Waals surface area contributed by atoms with E-state index < -0.39 is 11.4 Å². The van der Waals surface area contributed by atoms with E-state index in [4.69, 9.17) is 5.11 Å². The fourth-order valence-corrected chi connectivity index (χ4v) is 2.64. The highest BCUT2D eigenvalue weighted by Gasteiger charge is 2.27. The zero-order chi connectivity index (χ0) is 15.6. The number of carbonyl (C=O) groups is 2. The first kappa shape index (κ1) is 15.5. The number of rotatable bonds is 6. The summed E-state index contributed by atoms with van der Waals surface area (Å²) < 4.78 is 2.06. The quantitative estimate of drug-likeness (QED) is 0.848. The molecule has 0 saturated heterocycles. The summed E-state index contributed by atoms with van der Waals surface area (Å²) >= 11 is 0. The summed E-state index contributed by atoms with van der Waals surface area (Å²) in [5.41, 5.74) is -0.552. The van der Waals surface area contributed by atoms with Gasteiger partial charge in [0.05, 0.1) is 13.0 Å². The predicted octanol–water partition coefficient (Wildman–Crippen LogP) is 1.07. The second-order valence-corrected chi connectivity index (χ2v) is 6.45. The van der Waals surface area contributed by atoms with Gasteiger partial charge in [-0.2, -0.15) is 0 Å². The van der Waals surface area contributed by atoms with Crippen molar-refractivity contribution in [3.63, 3.8) is 0 Å². The van der Waals surface area contributed by atoms with Crippen LogP contribution in [0.15, 0.2) is 0 Å². The van der Waals surface area contributed by atoms with Gasteiger partial charge >= 0.3 is 5.97 Å². The van der Waals surface area contributed by atoms with Crippen LogP contribution in [0.4, 0.5) is 0 Å². The van der Waals surface area contributed by atoms with Crippen LogP contribution in [0, 0.1) is 5.41 Å². The van der Waals surface area contributed by atoms with Gasteiger partial charge in [0, 0.05) is 26.4 Å². The number of hydrogen-bond acceptors (Lipinski definition) is 4. The number of carboxylic acid groups (broad SMARTS) is 1. The molecular weight excluding hydrogens is 272 g/mol. The molecule has 0 atom stereocenters. The van der Waals surface area contributed by atoms with Crippen LogP contribution >= 0.6 is 0 Å². The van der Waals surface area contributed by atoms with Gasteiger partial charge < -0.3 is 14.6 Å². The summed E-state index contributed by atoms with van der Waals surface area (Å²) in [6.07, 6.45) is 2.20. The number of aliphatic carboxylic acids is 1. The fourth-order valence-electron chi connectivity index (χ4n) is 2.64. The van der Waals surface area contributed by atoms with Crippen molar-refractivity contribution < 1.29 is 14.7 Å². The highest BCUT2D eigenvalue weighted by atomic mass is 16.4. The molecule has 0 aromatic carbocycles. The smallest absolute Gasteiger partial charge is 0.303 e. The van der Waals surface area contributed by atoms with Gasteiger partial charge in [-0.3, -0.25) is 9.59 Å². The lowest BCUT2D eigenvalue weighted by Crippen LogP contribution is -2.32. The number of hydrogen-bond donors (Lipinski definition) is 1. The van der Waals surface area contributed by atoms with Gasteiger partial charge in [0.2, 0.25) is 5.91 Å². The molecule has 116 valence electrons. The average Bonchev–Trinajstić information content (AvgIpc) is 2.91. The van der Waals surface area contributed by atoms with Crippen LogP contribution < -0.4 is 0 Å². The Kier molecular flexibility index (Phi) is 4.29. The minimum Gasteiger partial charge on any atom is -0.481 e. The molecule has 1 amide bonds. The number of nitrogens with zero attached hydrogens (tertiary/aromatic N) is 4. The van der Waals surface area contributed by atoms with E-state index in [-0.39, 0.29) is 18.7 Å². The molecule has 0 saturated carbocycles. The van der Waals surface area contributed by atoms with Gasteiger partial charge in [-0.15, -0.1) is 10.2 Å². The van der Waals surface area contributed by atoms with Gasteiger partial charge in [-0.25, -0.2) is 0 Å². The molecule has 0 bridgehead atoms. The van der Waals surface area contributed by atoms with Crippen LogP contribution in [-0.4, -0.2) is 43.7 Å². The van der Waals surface area contributed by atoms with Crippen molar-refractivity contribution in [2.45, 2.75) is 52.6 Å². The maximum absolute atomic E-state index is 12.2. The second-order valence-electron chi connectivity index (χ2n) is 6.45. The van der Waals surface area contributed by atoms with Crippen LogP contribution in [0.1, 0.15) is 44.8 Å². The van der Waals surface area contributed by atoms with Gasteiger partial charge in [0.15, 0.2) is 5.82 Å². The van der Waals surface area contributed by atoms with Gasteiger partial charge in [0.1, 0.15) is 5.82 Å². The Morgan fingerprint density at radius 3 is 2.71 bits per heavy atom. The largest absolute Gasteiger partial charge is 0.481 e. The summed E-state index contributed by atoms with van der Waals surface area (Å²) in [7, 11) is 1.72. The summed E-state index contributed by atoms with van der Waals surface area (Å²) in [6.45, 7) is 4.91. The van der Waals surface area contributed by atoms with Crippen molar-refractivity contribution in [1.82, 2.24) is 19.7 Å². The van der Waals surface area contributed by atoms with Crippen molar-refractivity contribution in [3.8, 4) is 0 Å². The highest BCUT2D eigenvalue weighted by molar-refractivity contribution is 5.77. The maximum atomic E-state index is 12.2. The summed E-state index contributed by atoms with van der Waals surface area (Å²) in [5, 5.41) is 17.1. The number of carbonyl (C=O) groups excluding carboxylic acids is 1. The third-order valence-electron chi connectivity index (χ3n) is 3.75. The zero-order valence-electron chi connectivity index (χ0n) is 12.8. The van der Waals surface area contributed by atoms with E-state index in [9.17, 15) is 9.59 Å². The number of amides is 1. The van der Waals surface area contributed by atoms with Crippen LogP contribution in [-0.2, 0) is 29.1 Å². The predicted molar refractivity (Wildman–Crippen MR) is 75.5 cm³/mol. The Morgan fingerprint density at radius 1 is 1.33 bits per heavy atom. The van der Waals surface area contributed by atoms with E-state index in [2.05, 4.69) is 14.8 Å². The van der Waals surface area contributed by atoms with Crippen LogP contribution in [0.5, 0.6) is 0 Å². The Balaban J connectivity index is 1.95. The molecule has 0 spiro atoms. The molecule has 2 heterocycles. The molecule has 0 fully saturated rings. The van der Waals surface area contributed by atoms with Crippen molar-refractivity contribution >= 4 is 11.9 Å². The standard InChI is InChI=1S/C14H22N4O3/c1-14(2,8-13(20)21)7-12(19)17(3)9-11-16-15-10-5-4-6-18(10)11/h4-9H2,1-3H3,(H,20,21). The van der Waals surface area contributed by atoms with E-state index >= 15 is 0 Å². The number of aromatic nitrogens is 3. The van der Waals surface area contributed by atoms with Crippen LogP contribution in [0.2, 0.25) is 0 Å². The third kappa shape index (κ3) is 3.80. The first-order valence-electron chi connectivity index (χ1n) is 7.15. The SMILES string of the molecule is CN(Cc1nnc2n1CCC2)C(=O)CC(C)(C)CC(=O)O. The van der Waals surface area contributed by atoms with Crippen molar-refractivity contribution in [1.29, 1.82) is 0 Å². The summed E-state index contributed by atoms with van der Waals surface area (Å²) in [5.74, 6) is 0.828. The molecule has 1 aliphatic rings. The first-order chi connectivity index (χ1) is 9.78. The Labute approximate surface area is 124 Å². The maximum Gasteiger partial charge on any atom is 0.303 e. The third-order valence-corrected chi connectivity index (χ3v) is 3.75. The molecule has 0 unspecified atom stereocenters. The van der Waals surface area contributed by atoms with E-state index in [0.717, 1.165) is 31.0 Å². The van der Waals surface area contributed by atoms with Crippen LogP contribution in [0.25, 0.3) is 0 Å². The lowest BCUT2D eigenvalue weighted by Gasteiger charge is -2.25. The number of aryl methyl sites for hydroxylation is 1. The van der Waals surface area contributed by atoms with Gasteiger partial charge in [-0.05, 0) is 11.8 Å². The molecule has 1 aromatic heterocycles. The molecule has 21 heavy (non-hydrogen) atoms. The average molecular weight is 294 g/mol. The molecule has 1 N–H and O–H groups in total. The van der Waals surface area contributed by atoms with Gasteiger partial charge in [-0.1, -0.05) is 13.8 Å². The number of carboxylic acids is 1. The molecule has 2 rings (SSSR count). The molecule has 0 aliphatic carbocycles. The Morgan fingerprint density at radius 2 is 2.05 bits per heavy atom. The first-order valence-corrected chi connectivity index (χ1v) is 7.15. The molecule has 7 nitrogen and oxygen atoms in total. The molecule has 1 aromatic rings. The zero-order valence-corrected chi connectivity index (χ0v) is 12.8. The van der Waals surface area contributed by atoms with E-state index in [1.807, 2.05) is 0 Å². The normalized spacial score (nSPS) is 14.0. The monoisotopic (exact) mass is 294 g/mol. The molecule has 0 radical (unpaired) electrons. The lowest BCUT2D eigenvalue weighted by atomic mass is 9.85. The molecule has 1 aliphatic heterocycles. The van der Waals surface area contributed by atoms with E-state index in [0.29, 0.717) is 6.54 Å². The Bertz CT molecular complexity index is 550. The highest BCUT2D eigenvalue weighted by Crippen LogP contribution is 2.26. The molecule has 7 heteroatoms. The fraction of sp³-hybridized carbons (Fsp3) is 0.714. The van der Waals surface area contributed by atoms with Crippen molar-refractivity contribution in [2.75, 3.05) is 7.05 Å². The van der Waals surface area contributed by atoms with E-state index in [1.54, 1.807) is 25.8 Å². The minimum atomic E-state index is -0.884. The second kappa shape index (κ2) is 5.83. The topological polar surface area (TPSA) is 88.3 Å². The lowest BCUT2D eigenvalue weighted by molar-refractivity contribution is -0.140. The van der Waals surface area contributed by atoms with Crippen molar-refractivity contribution in [3.05, 3.63) is 11.6 Å². The molecular formula is C14H22N4O3. The Hall–Kier alpha value is -1.92. The minimum absolute atomic E-state index is 0.0209. The summed E-state index contributed by atoms with van der Waals surface area (Å²) in [6, 6.07) is 0. The van der Waals surface area contributed by atoms with Crippen LogP contribution in [0.3, 0.4) is 0 Å². The summed E-state index contributed by atoms with van der Waals surface area (Å²) in [4.78, 5) is 24.6. The number of fused-ring (bicyclic) bond motifs is 1. The van der Waals surface area contributed by atoms with E-state index in [1.165, 1.54) is 0 Å². The van der Waals surface area contributed by atoms with Crippen molar-refractivity contribution in [2.24, 2.45) is 5.41 Å². The van der Waals surface area contributed by atoms with Gasteiger partial charge in [0.25, 0.3) is 0 Å².